The molecule has 0 saturated carbocycles. The number of aryl methyl sites for hydroxylation is 2. The largest absolute Gasteiger partial charge is 0.358 e. The minimum atomic E-state index is 0.0341. The minimum absolute atomic E-state index is 0.0341. The molecule has 0 unspecified atom stereocenters. The van der Waals surface area contributed by atoms with Crippen LogP contribution in [0.4, 0.5) is 0 Å². The zero-order valence-corrected chi connectivity index (χ0v) is 10.1. The van der Waals surface area contributed by atoms with Crippen LogP contribution in [-0.4, -0.2) is 29.9 Å². The molecule has 16 heavy (non-hydrogen) atoms. The van der Waals surface area contributed by atoms with Crippen molar-refractivity contribution < 1.29 is 4.79 Å². The van der Waals surface area contributed by atoms with Gasteiger partial charge in [0.15, 0.2) is 0 Å². The van der Waals surface area contributed by atoms with Crippen LogP contribution in [0.3, 0.4) is 0 Å². The Morgan fingerprint density at radius 3 is 2.56 bits per heavy atom. The summed E-state index contributed by atoms with van der Waals surface area (Å²) in [5, 5.41) is 1.19. The molecule has 0 saturated heterocycles. The van der Waals surface area contributed by atoms with Gasteiger partial charge < -0.3 is 9.88 Å². The zero-order valence-electron chi connectivity index (χ0n) is 10.1. The van der Waals surface area contributed by atoms with E-state index in [0.29, 0.717) is 0 Å². The van der Waals surface area contributed by atoms with Gasteiger partial charge in [0.05, 0.1) is 0 Å². The van der Waals surface area contributed by atoms with E-state index in [4.69, 9.17) is 0 Å². The zero-order chi connectivity index (χ0) is 11.9. The van der Waals surface area contributed by atoms with Crippen molar-refractivity contribution in [1.82, 2.24) is 9.88 Å². The Kier molecular flexibility index (Phi) is 2.46. The van der Waals surface area contributed by atoms with Crippen molar-refractivity contribution in [1.29, 1.82) is 0 Å². The molecule has 3 nitrogen and oxygen atoms in total. The smallest absolute Gasteiger partial charge is 0.253 e. The number of hydrogen-bond acceptors (Lipinski definition) is 1. The maximum atomic E-state index is 11.8. The number of aromatic nitrogens is 1. The fourth-order valence-corrected chi connectivity index (χ4v) is 1.86. The molecule has 1 heterocycles. The van der Waals surface area contributed by atoms with Crippen LogP contribution in [-0.2, 0) is 0 Å². The summed E-state index contributed by atoms with van der Waals surface area (Å²) in [6.45, 7) is 4.13. The molecular weight excluding hydrogens is 200 g/mol. The lowest BCUT2D eigenvalue weighted by molar-refractivity contribution is 0.0828. The van der Waals surface area contributed by atoms with Crippen molar-refractivity contribution >= 4 is 16.8 Å². The van der Waals surface area contributed by atoms with Crippen molar-refractivity contribution in [2.24, 2.45) is 0 Å². The van der Waals surface area contributed by atoms with Gasteiger partial charge in [0, 0.05) is 36.3 Å². The molecule has 0 atom stereocenters. The quantitative estimate of drug-likeness (QED) is 0.781. The van der Waals surface area contributed by atoms with Gasteiger partial charge in [-0.2, -0.15) is 0 Å². The van der Waals surface area contributed by atoms with E-state index in [9.17, 15) is 4.79 Å². The number of aromatic amines is 1. The summed E-state index contributed by atoms with van der Waals surface area (Å²) in [5.41, 5.74) is 4.16. The van der Waals surface area contributed by atoms with Crippen LogP contribution in [0.1, 0.15) is 21.6 Å². The highest BCUT2D eigenvalue weighted by Gasteiger charge is 2.10. The van der Waals surface area contributed by atoms with Gasteiger partial charge in [-0.25, -0.2) is 0 Å². The third-order valence-corrected chi connectivity index (χ3v) is 2.96. The van der Waals surface area contributed by atoms with E-state index in [1.54, 1.807) is 19.0 Å². The molecule has 1 aromatic heterocycles. The van der Waals surface area contributed by atoms with Gasteiger partial charge in [-0.3, -0.25) is 4.79 Å². The van der Waals surface area contributed by atoms with Crippen molar-refractivity contribution in [2.75, 3.05) is 14.1 Å². The Balaban J connectivity index is 2.57. The van der Waals surface area contributed by atoms with Crippen molar-refractivity contribution in [3.63, 3.8) is 0 Å². The second kappa shape index (κ2) is 3.67. The van der Waals surface area contributed by atoms with Crippen molar-refractivity contribution in [2.45, 2.75) is 13.8 Å². The second-order valence-electron chi connectivity index (χ2n) is 4.33. The average Bonchev–Trinajstić information content (AvgIpc) is 2.53. The summed E-state index contributed by atoms with van der Waals surface area (Å²) in [5.74, 6) is 0.0341. The van der Waals surface area contributed by atoms with Gasteiger partial charge in [0.25, 0.3) is 5.91 Å². The predicted octanol–water partition coefficient (Wildman–Crippen LogP) is 2.49. The number of carbonyl (C=O) groups excluding carboxylic acids is 1. The summed E-state index contributed by atoms with van der Waals surface area (Å²) in [6.07, 6.45) is 0. The standard InChI is InChI=1S/C13H16N2O/c1-8-9(2)14-12-7-10(5-6-11(8)12)13(16)15(3)4/h5-7,14H,1-4H3. The summed E-state index contributed by atoms with van der Waals surface area (Å²) < 4.78 is 0. The minimum Gasteiger partial charge on any atom is -0.358 e. The number of fused-ring (bicyclic) bond motifs is 1. The first-order valence-corrected chi connectivity index (χ1v) is 5.31. The number of nitrogens with one attached hydrogen (secondary N) is 1. The van der Waals surface area contributed by atoms with Crippen molar-refractivity contribution in [3.05, 3.63) is 35.0 Å². The van der Waals surface area contributed by atoms with E-state index in [-0.39, 0.29) is 5.91 Å². The van der Waals surface area contributed by atoms with Crippen LogP contribution >= 0.6 is 0 Å². The lowest BCUT2D eigenvalue weighted by Gasteiger charge is -2.09. The molecular formula is C13H16N2O. The number of amides is 1. The van der Waals surface area contributed by atoms with Crippen LogP contribution in [0, 0.1) is 13.8 Å². The normalized spacial score (nSPS) is 10.8. The summed E-state index contributed by atoms with van der Waals surface area (Å²) in [6, 6.07) is 5.80. The van der Waals surface area contributed by atoms with Gasteiger partial charge in [0.1, 0.15) is 0 Å². The molecule has 0 aliphatic rings. The number of benzene rings is 1. The third-order valence-electron chi connectivity index (χ3n) is 2.96. The molecule has 1 aromatic carbocycles. The highest BCUT2D eigenvalue weighted by Crippen LogP contribution is 2.22. The van der Waals surface area contributed by atoms with Gasteiger partial charge in [-0.05, 0) is 31.5 Å². The highest BCUT2D eigenvalue weighted by atomic mass is 16.2. The molecule has 1 N–H and O–H groups in total. The molecule has 1 amide bonds. The first-order chi connectivity index (χ1) is 7.50. The van der Waals surface area contributed by atoms with Crippen molar-refractivity contribution in [3.8, 4) is 0 Å². The van der Waals surface area contributed by atoms with Crippen LogP contribution in [0.15, 0.2) is 18.2 Å². The Hall–Kier alpha value is -1.77. The molecule has 0 spiro atoms. The van der Waals surface area contributed by atoms with Crippen LogP contribution in [0.25, 0.3) is 10.9 Å². The summed E-state index contributed by atoms with van der Waals surface area (Å²) in [7, 11) is 3.52. The van der Waals surface area contributed by atoms with Gasteiger partial charge in [0.2, 0.25) is 0 Å². The summed E-state index contributed by atoms with van der Waals surface area (Å²) in [4.78, 5) is 16.7. The van der Waals surface area contributed by atoms with E-state index in [2.05, 4.69) is 11.9 Å². The molecule has 0 fully saturated rings. The van der Waals surface area contributed by atoms with E-state index < -0.39 is 0 Å². The van der Waals surface area contributed by atoms with E-state index in [1.807, 2.05) is 25.1 Å². The first kappa shape index (κ1) is 10.7. The molecule has 84 valence electrons. The van der Waals surface area contributed by atoms with Crippen LogP contribution < -0.4 is 0 Å². The van der Waals surface area contributed by atoms with E-state index >= 15 is 0 Å². The Labute approximate surface area is 95.1 Å². The van der Waals surface area contributed by atoms with Gasteiger partial charge in [-0.15, -0.1) is 0 Å². The molecule has 0 aliphatic carbocycles. The third kappa shape index (κ3) is 1.58. The topological polar surface area (TPSA) is 36.1 Å². The molecule has 2 rings (SSSR count). The highest BCUT2D eigenvalue weighted by molar-refractivity contribution is 5.98. The van der Waals surface area contributed by atoms with Crippen LogP contribution in [0.2, 0.25) is 0 Å². The summed E-state index contributed by atoms with van der Waals surface area (Å²) >= 11 is 0. The van der Waals surface area contributed by atoms with Gasteiger partial charge in [-0.1, -0.05) is 6.07 Å². The fraction of sp³-hybridized carbons (Fsp3) is 0.308. The lowest BCUT2D eigenvalue weighted by atomic mass is 10.1. The Bertz CT molecular complexity index is 552. The maximum Gasteiger partial charge on any atom is 0.253 e. The predicted molar refractivity (Wildman–Crippen MR) is 65.8 cm³/mol. The average molecular weight is 216 g/mol. The molecule has 0 aliphatic heterocycles. The monoisotopic (exact) mass is 216 g/mol. The molecule has 0 radical (unpaired) electrons. The Morgan fingerprint density at radius 2 is 1.94 bits per heavy atom. The molecule has 3 heteroatoms. The SMILES string of the molecule is Cc1[nH]c2cc(C(=O)N(C)C)ccc2c1C. The molecule has 0 bridgehead atoms. The number of hydrogen-bond donors (Lipinski definition) is 1. The first-order valence-electron chi connectivity index (χ1n) is 5.31. The van der Waals surface area contributed by atoms with Gasteiger partial charge >= 0.3 is 0 Å². The Morgan fingerprint density at radius 1 is 1.25 bits per heavy atom. The maximum absolute atomic E-state index is 11.8. The van der Waals surface area contributed by atoms with E-state index in [1.165, 1.54) is 10.9 Å². The fourth-order valence-electron chi connectivity index (χ4n) is 1.86. The number of carbonyl (C=O) groups is 1. The van der Waals surface area contributed by atoms with Crippen LogP contribution in [0.5, 0.6) is 0 Å². The number of nitrogens with zero attached hydrogens (tertiary/aromatic N) is 1. The number of H-pyrrole nitrogens is 1. The second-order valence-corrected chi connectivity index (χ2v) is 4.33. The number of rotatable bonds is 1. The van der Waals surface area contributed by atoms with E-state index in [0.717, 1.165) is 16.8 Å². The lowest BCUT2D eigenvalue weighted by Crippen LogP contribution is -2.21. The molecule has 2 aromatic rings.